The third kappa shape index (κ3) is 4.46. The first-order valence-corrected chi connectivity index (χ1v) is 11.4. The Hall–Kier alpha value is -3.00. The van der Waals surface area contributed by atoms with E-state index in [1.807, 2.05) is 70.2 Å². The second kappa shape index (κ2) is 8.50. The molecule has 0 aliphatic carbocycles. The van der Waals surface area contributed by atoms with Gasteiger partial charge in [0.2, 0.25) is 5.91 Å². The minimum atomic E-state index is -0.616. The van der Waals surface area contributed by atoms with Gasteiger partial charge in [0.25, 0.3) is 11.1 Å². The van der Waals surface area contributed by atoms with Crippen molar-refractivity contribution in [1.29, 1.82) is 0 Å². The number of aryl methyl sites for hydroxylation is 1. The average molecular weight is 455 g/mol. The number of hydrogen-bond acceptors (Lipinski definition) is 6. The summed E-state index contributed by atoms with van der Waals surface area (Å²) in [7, 11) is 0. The minimum absolute atomic E-state index is 0.0757. The average Bonchev–Trinajstić information content (AvgIpc) is 3.04. The van der Waals surface area contributed by atoms with E-state index in [1.165, 1.54) is 0 Å². The summed E-state index contributed by atoms with van der Waals surface area (Å²) in [5, 5.41) is 1.60. The van der Waals surface area contributed by atoms with Gasteiger partial charge in [-0.15, -0.1) is 0 Å². The van der Waals surface area contributed by atoms with Gasteiger partial charge in [0.15, 0.2) is 6.23 Å². The minimum Gasteiger partial charge on any atom is -0.491 e. The zero-order valence-electron chi connectivity index (χ0n) is 18.5. The van der Waals surface area contributed by atoms with E-state index in [9.17, 15) is 14.4 Å². The van der Waals surface area contributed by atoms with Crippen LogP contribution in [0.15, 0.2) is 42.5 Å². The molecule has 0 radical (unpaired) electrons. The van der Waals surface area contributed by atoms with E-state index in [-0.39, 0.29) is 23.7 Å². The first-order valence-electron chi connectivity index (χ1n) is 10.5. The number of rotatable bonds is 6. The summed E-state index contributed by atoms with van der Waals surface area (Å²) >= 11 is 1.02. The molecule has 32 heavy (non-hydrogen) atoms. The van der Waals surface area contributed by atoms with Crippen LogP contribution in [0.1, 0.15) is 42.3 Å². The number of carbonyl (C=O) groups excluding carboxylic acids is 3. The zero-order chi connectivity index (χ0) is 23.0. The molecule has 1 saturated heterocycles. The predicted molar refractivity (Wildman–Crippen MR) is 122 cm³/mol. The maximum atomic E-state index is 13.2. The lowest BCUT2D eigenvalue weighted by atomic mass is 9.99. The van der Waals surface area contributed by atoms with Crippen molar-refractivity contribution in [3.63, 3.8) is 0 Å². The fraction of sp³-hybridized carbons (Fsp3) is 0.375. The standard InChI is InChI=1S/C24H26N2O5S/c1-14-5-10-19-18(11-14)22(28)26(15(2)31-19)24(3,4)13-30-17-8-6-16(7-9-17)12-20-21(27)25-23(29)32-20/h5-11,15,20H,12-13H2,1-4H3,(H,25,27,29). The lowest BCUT2D eigenvalue weighted by Gasteiger charge is -2.44. The van der Waals surface area contributed by atoms with E-state index in [1.54, 1.807) is 4.90 Å². The largest absolute Gasteiger partial charge is 0.491 e. The molecule has 0 saturated carbocycles. The Kier molecular flexibility index (Phi) is 5.90. The van der Waals surface area contributed by atoms with E-state index in [2.05, 4.69) is 5.32 Å². The second-order valence-electron chi connectivity index (χ2n) is 8.72. The highest BCUT2D eigenvalue weighted by atomic mass is 32.2. The molecule has 8 heteroatoms. The molecule has 1 N–H and O–H groups in total. The van der Waals surface area contributed by atoms with Gasteiger partial charge in [-0.3, -0.25) is 24.6 Å². The quantitative estimate of drug-likeness (QED) is 0.712. The van der Waals surface area contributed by atoms with Crippen molar-refractivity contribution in [2.24, 2.45) is 0 Å². The highest BCUT2D eigenvalue weighted by Crippen LogP contribution is 2.33. The Labute approximate surface area is 191 Å². The third-order valence-electron chi connectivity index (χ3n) is 5.60. The highest BCUT2D eigenvalue weighted by molar-refractivity contribution is 8.15. The van der Waals surface area contributed by atoms with Crippen LogP contribution >= 0.6 is 11.8 Å². The van der Waals surface area contributed by atoms with Crippen molar-refractivity contribution >= 4 is 28.8 Å². The molecule has 2 aromatic rings. The Morgan fingerprint density at radius 3 is 2.50 bits per heavy atom. The smallest absolute Gasteiger partial charge is 0.286 e. The van der Waals surface area contributed by atoms with Gasteiger partial charge in [-0.2, -0.15) is 0 Å². The number of imide groups is 1. The van der Waals surface area contributed by atoms with Gasteiger partial charge in [0.05, 0.1) is 16.4 Å². The number of fused-ring (bicyclic) bond motifs is 1. The highest BCUT2D eigenvalue weighted by Gasteiger charge is 2.41. The van der Waals surface area contributed by atoms with Crippen molar-refractivity contribution in [2.75, 3.05) is 6.61 Å². The zero-order valence-corrected chi connectivity index (χ0v) is 19.3. The number of benzene rings is 2. The topological polar surface area (TPSA) is 84.9 Å². The first-order chi connectivity index (χ1) is 15.1. The van der Waals surface area contributed by atoms with Crippen molar-refractivity contribution in [2.45, 2.75) is 51.1 Å². The first kappa shape index (κ1) is 22.2. The number of hydrogen-bond donors (Lipinski definition) is 1. The molecular weight excluding hydrogens is 428 g/mol. The molecule has 0 aromatic heterocycles. The van der Waals surface area contributed by atoms with E-state index in [4.69, 9.17) is 9.47 Å². The van der Waals surface area contributed by atoms with E-state index in [0.29, 0.717) is 23.5 Å². The van der Waals surface area contributed by atoms with E-state index in [0.717, 1.165) is 22.9 Å². The molecule has 2 unspecified atom stereocenters. The molecule has 0 bridgehead atoms. The molecule has 2 aliphatic rings. The number of amides is 3. The molecule has 4 rings (SSSR count). The molecule has 0 spiro atoms. The molecule has 2 aliphatic heterocycles. The van der Waals surface area contributed by atoms with Gasteiger partial charge in [-0.25, -0.2) is 0 Å². The van der Waals surface area contributed by atoms with Crippen molar-refractivity contribution in [3.05, 3.63) is 59.2 Å². The fourth-order valence-corrected chi connectivity index (χ4v) is 4.86. The van der Waals surface area contributed by atoms with Crippen LogP contribution in [-0.4, -0.2) is 45.6 Å². The van der Waals surface area contributed by atoms with Crippen LogP contribution in [0.2, 0.25) is 0 Å². The van der Waals surface area contributed by atoms with Gasteiger partial charge < -0.3 is 9.47 Å². The Morgan fingerprint density at radius 1 is 1.12 bits per heavy atom. The van der Waals surface area contributed by atoms with E-state index < -0.39 is 17.0 Å². The molecule has 7 nitrogen and oxygen atoms in total. The molecule has 168 valence electrons. The number of nitrogens with one attached hydrogen (secondary N) is 1. The van der Waals surface area contributed by atoms with Gasteiger partial charge >= 0.3 is 0 Å². The second-order valence-corrected chi connectivity index (χ2v) is 9.90. The molecule has 2 atom stereocenters. The lowest BCUT2D eigenvalue weighted by molar-refractivity contribution is -0.118. The number of thioether (sulfide) groups is 1. The summed E-state index contributed by atoms with van der Waals surface area (Å²) < 4.78 is 12.0. The monoisotopic (exact) mass is 454 g/mol. The van der Waals surface area contributed by atoms with Crippen LogP contribution in [0.5, 0.6) is 11.5 Å². The summed E-state index contributed by atoms with van der Waals surface area (Å²) in [6.07, 6.45) is 0.0562. The van der Waals surface area contributed by atoms with E-state index >= 15 is 0 Å². The number of nitrogens with zero attached hydrogens (tertiary/aromatic N) is 1. The normalized spacial score (nSPS) is 20.6. The summed E-state index contributed by atoms with van der Waals surface area (Å²) in [4.78, 5) is 38.0. The maximum Gasteiger partial charge on any atom is 0.286 e. The Bertz CT molecular complexity index is 1070. The number of carbonyl (C=O) groups is 3. The SMILES string of the molecule is Cc1ccc2c(c1)C(=O)N(C(C)(C)COc1ccc(CC3SC(=O)NC3=O)cc1)C(C)O2. The predicted octanol–water partition coefficient (Wildman–Crippen LogP) is 3.93. The fourth-order valence-electron chi connectivity index (χ4n) is 4.01. The van der Waals surface area contributed by atoms with Crippen molar-refractivity contribution < 1.29 is 23.9 Å². The molecule has 2 heterocycles. The van der Waals surface area contributed by atoms with Crippen LogP contribution in [0.3, 0.4) is 0 Å². The van der Waals surface area contributed by atoms with Crippen molar-refractivity contribution in [3.8, 4) is 11.5 Å². The Balaban J connectivity index is 1.41. The van der Waals surface area contributed by atoms with Gasteiger partial charge in [0, 0.05) is 0 Å². The molecule has 3 amide bonds. The summed E-state index contributed by atoms with van der Waals surface area (Å²) in [5.41, 5.74) is 1.89. The Morgan fingerprint density at radius 2 is 1.84 bits per heavy atom. The van der Waals surface area contributed by atoms with Crippen LogP contribution in [0, 0.1) is 6.92 Å². The van der Waals surface area contributed by atoms with Crippen LogP contribution < -0.4 is 14.8 Å². The van der Waals surface area contributed by atoms with Gasteiger partial charge in [-0.05, 0) is 63.9 Å². The van der Waals surface area contributed by atoms with Gasteiger partial charge in [0.1, 0.15) is 18.1 Å². The van der Waals surface area contributed by atoms with Crippen molar-refractivity contribution in [1.82, 2.24) is 10.2 Å². The molecular formula is C24H26N2O5S. The third-order valence-corrected chi connectivity index (χ3v) is 6.58. The molecule has 2 aromatic carbocycles. The summed E-state index contributed by atoms with van der Waals surface area (Å²) in [5.74, 6) is 0.942. The summed E-state index contributed by atoms with van der Waals surface area (Å²) in [6.45, 7) is 7.99. The lowest BCUT2D eigenvalue weighted by Crippen LogP contribution is -2.58. The van der Waals surface area contributed by atoms with Crippen LogP contribution in [-0.2, 0) is 11.2 Å². The van der Waals surface area contributed by atoms with Gasteiger partial charge in [-0.1, -0.05) is 35.5 Å². The van der Waals surface area contributed by atoms with Crippen LogP contribution in [0.4, 0.5) is 4.79 Å². The maximum absolute atomic E-state index is 13.2. The molecule has 1 fully saturated rings. The number of ether oxygens (including phenoxy) is 2. The van der Waals surface area contributed by atoms with Crippen LogP contribution in [0.25, 0.3) is 0 Å². The summed E-state index contributed by atoms with van der Waals surface area (Å²) in [6, 6.07) is 13.1.